The molecule has 5 heteroatoms. The molecule has 1 aliphatic heterocycles. The van der Waals surface area contributed by atoms with Crippen LogP contribution in [0.3, 0.4) is 0 Å². The maximum atomic E-state index is 11.3. The first-order valence-electron chi connectivity index (χ1n) is 6.41. The lowest BCUT2D eigenvalue weighted by atomic mass is 9.97. The van der Waals surface area contributed by atoms with Crippen molar-refractivity contribution in [1.82, 2.24) is 0 Å². The van der Waals surface area contributed by atoms with E-state index < -0.39 is 6.10 Å². The van der Waals surface area contributed by atoms with E-state index in [1.165, 1.54) is 0 Å². The summed E-state index contributed by atoms with van der Waals surface area (Å²) in [5, 5.41) is 13.3. The van der Waals surface area contributed by atoms with Gasteiger partial charge in [0.15, 0.2) is 0 Å². The van der Waals surface area contributed by atoms with Crippen molar-refractivity contribution in [3.8, 4) is 0 Å². The lowest BCUT2D eigenvalue weighted by Crippen LogP contribution is -2.19. The molecule has 20 heavy (non-hydrogen) atoms. The highest BCUT2D eigenvalue weighted by molar-refractivity contribution is 9.11. The molecule has 2 heterocycles. The SMILES string of the molecule is Cc1cc(C(O)c2ccc3c(c2)CCC(=O)N3)sc1Br. The monoisotopic (exact) mass is 351 g/mol. The number of aliphatic hydroxyl groups is 1. The maximum absolute atomic E-state index is 11.3. The van der Waals surface area contributed by atoms with E-state index in [1.54, 1.807) is 11.3 Å². The molecule has 0 radical (unpaired) electrons. The van der Waals surface area contributed by atoms with Gasteiger partial charge in [-0.2, -0.15) is 0 Å². The summed E-state index contributed by atoms with van der Waals surface area (Å²) in [5.41, 5.74) is 3.96. The zero-order valence-corrected chi connectivity index (χ0v) is 13.3. The number of amides is 1. The number of benzene rings is 1. The van der Waals surface area contributed by atoms with Gasteiger partial charge in [-0.1, -0.05) is 12.1 Å². The molecule has 0 aliphatic carbocycles. The molecule has 2 N–H and O–H groups in total. The van der Waals surface area contributed by atoms with Crippen LogP contribution in [-0.4, -0.2) is 11.0 Å². The van der Waals surface area contributed by atoms with Gasteiger partial charge in [0.25, 0.3) is 0 Å². The molecule has 3 nitrogen and oxygen atoms in total. The molecule has 1 aromatic heterocycles. The van der Waals surface area contributed by atoms with Crippen molar-refractivity contribution in [2.45, 2.75) is 25.9 Å². The van der Waals surface area contributed by atoms with Crippen LogP contribution >= 0.6 is 27.3 Å². The third-order valence-corrected chi connectivity index (χ3v) is 5.68. The van der Waals surface area contributed by atoms with Gasteiger partial charge in [-0.3, -0.25) is 4.79 Å². The highest BCUT2D eigenvalue weighted by Gasteiger charge is 2.19. The first-order valence-corrected chi connectivity index (χ1v) is 8.02. The average molecular weight is 352 g/mol. The number of hydrogen-bond acceptors (Lipinski definition) is 3. The van der Waals surface area contributed by atoms with Gasteiger partial charge in [-0.05, 0) is 58.1 Å². The Kier molecular flexibility index (Phi) is 3.67. The molecule has 104 valence electrons. The minimum atomic E-state index is -0.618. The molecular formula is C15H14BrNO2S. The number of hydrogen-bond donors (Lipinski definition) is 2. The first-order chi connectivity index (χ1) is 9.54. The van der Waals surface area contributed by atoms with Gasteiger partial charge in [0.2, 0.25) is 5.91 Å². The normalized spacial score (nSPS) is 15.7. The molecule has 1 amide bonds. The van der Waals surface area contributed by atoms with Crippen molar-refractivity contribution in [1.29, 1.82) is 0 Å². The summed E-state index contributed by atoms with van der Waals surface area (Å²) in [6, 6.07) is 7.74. The quantitative estimate of drug-likeness (QED) is 0.864. The molecule has 0 bridgehead atoms. The van der Waals surface area contributed by atoms with Gasteiger partial charge in [0.1, 0.15) is 6.10 Å². The smallest absolute Gasteiger partial charge is 0.224 e. The molecule has 0 saturated carbocycles. The molecule has 1 aliphatic rings. The van der Waals surface area contributed by atoms with Crippen LogP contribution in [0.4, 0.5) is 5.69 Å². The Morgan fingerprint density at radius 3 is 2.85 bits per heavy atom. The summed E-state index contributed by atoms with van der Waals surface area (Å²) in [6.45, 7) is 2.01. The number of nitrogens with one attached hydrogen (secondary N) is 1. The predicted molar refractivity (Wildman–Crippen MR) is 84.2 cm³/mol. The average Bonchev–Trinajstić information content (AvgIpc) is 2.77. The number of fused-ring (bicyclic) bond motifs is 1. The van der Waals surface area contributed by atoms with E-state index in [9.17, 15) is 9.90 Å². The Hall–Kier alpha value is -1.17. The molecule has 1 aromatic carbocycles. The minimum absolute atomic E-state index is 0.0589. The molecule has 2 aromatic rings. The summed E-state index contributed by atoms with van der Waals surface area (Å²) in [7, 11) is 0. The van der Waals surface area contributed by atoms with Crippen molar-refractivity contribution in [3.63, 3.8) is 0 Å². The fourth-order valence-corrected chi connectivity index (χ4v) is 3.94. The molecule has 0 spiro atoms. The lowest BCUT2D eigenvalue weighted by Gasteiger charge is -2.19. The summed E-state index contributed by atoms with van der Waals surface area (Å²) in [4.78, 5) is 12.3. The number of rotatable bonds is 2. The van der Waals surface area contributed by atoms with E-state index in [2.05, 4.69) is 21.2 Å². The van der Waals surface area contributed by atoms with E-state index in [1.807, 2.05) is 31.2 Å². The summed E-state index contributed by atoms with van der Waals surface area (Å²) < 4.78 is 1.05. The highest BCUT2D eigenvalue weighted by Crippen LogP contribution is 2.35. The van der Waals surface area contributed by atoms with E-state index in [4.69, 9.17) is 0 Å². The summed E-state index contributed by atoms with van der Waals surface area (Å²) >= 11 is 5.04. The van der Waals surface area contributed by atoms with Crippen molar-refractivity contribution in [2.24, 2.45) is 0 Å². The van der Waals surface area contributed by atoms with Crippen molar-refractivity contribution >= 4 is 38.9 Å². The number of halogens is 1. The van der Waals surface area contributed by atoms with E-state index in [-0.39, 0.29) is 5.91 Å². The van der Waals surface area contributed by atoms with Crippen LogP contribution in [0.1, 0.15) is 34.1 Å². The van der Waals surface area contributed by atoms with Gasteiger partial charge in [0, 0.05) is 17.0 Å². The zero-order chi connectivity index (χ0) is 14.3. The van der Waals surface area contributed by atoms with E-state index in [0.717, 1.165) is 37.5 Å². The molecule has 3 rings (SSSR count). The zero-order valence-electron chi connectivity index (χ0n) is 10.9. The van der Waals surface area contributed by atoms with Crippen LogP contribution in [0.5, 0.6) is 0 Å². The van der Waals surface area contributed by atoms with E-state index in [0.29, 0.717) is 6.42 Å². The minimum Gasteiger partial charge on any atom is -0.383 e. The maximum Gasteiger partial charge on any atom is 0.224 e. The second kappa shape index (κ2) is 5.31. The molecular weight excluding hydrogens is 338 g/mol. The Morgan fingerprint density at radius 1 is 1.35 bits per heavy atom. The highest BCUT2D eigenvalue weighted by atomic mass is 79.9. The van der Waals surface area contributed by atoms with Crippen LogP contribution < -0.4 is 5.32 Å². The number of anilines is 1. The van der Waals surface area contributed by atoms with Crippen LogP contribution in [-0.2, 0) is 11.2 Å². The van der Waals surface area contributed by atoms with Gasteiger partial charge in [-0.15, -0.1) is 11.3 Å². The fraction of sp³-hybridized carbons (Fsp3) is 0.267. The second-order valence-electron chi connectivity index (χ2n) is 4.97. The van der Waals surface area contributed by atoms with Crippen molar-refractivity contribution in [3.05, 3.63) is 49.6 Å². The molecule has 0 saturated heterocycles. The van der Waals surface area contributed by atoms with Gasteiger partial charge < -0.3 is 10.4 Å². The fourth-order valence-electron chi connectivity index (χ4n) is 2.36. The lowest BCUT2D eigenvalue weighted by molar-refractivity contribution is -0.116. The van der Waals surface area contributed by atoms with Gasteiger partial charge in [0.05, 0.1) is 3.79 Å². The number of thiophene rings is 1. The molecule has 0 fully saturated rings. The summed E-state index contributed by atoms with van der Waals surface area (Å²) in [6.07, 6.45) is 0.624. The standard InChI is InChI=1S/C15H14BrNO2S/c1-8-6-12(20-15(8)16)14(19)10-2-4-11-9(7-10)3-5-13(18)17-11/h2,4,6-7,14,19H,3,5H2,1H3,(H,17,18). The largest absolute Gasteiger partial charge is 0.383 e. The van der Waals surface area contributed by atoms with Gasteiger partial charge in [-0.25, -0.2) is 0 Å². The Labute approximate surface area is 129 Å². The molecule has 1 atom stereocenters. The number of aryl methyl sites for hydroxylation is 2. The third-order valence-electron chi connectivity index (χ3n) is 3.49. The Morgan fingerprint density at radius 2 is 2.15 bits per heavy atom. The Balaban J connectivity index is 1.92. The van der Waals surface area contributed by atoms with Crippen LogP contribution in [0.25, 0.3) is 0 Å². The van der Waals surface area contributed by atoms with Crippen LogP contribution in [0.15, 0.2) is 28.1 Å². The summed E-state index contributed by atoms with van der Waals surface area (Å²) in [5.74, 6) is 0.0589. The van der Waals surface area contributed by atoms with E-state index >= 15 is 0 Å². The molecule has 1 unspecified atom stereocenters. The number of carbonyl (C=O) groups excluding carboxylic acids is 1. The third kappa shape index (κ3) is 2.53. The predicted octanol–water partition coefficient (Wildman–Crippen LogP) is 3.79. The van der Waals surface area contributed by atoms with Crippen molar-refractivity contribution < 1.29 is 9.90 Å². The van der Waals surface area contributed by atoms with Gasteiger partial charge >= 0.3 is 0 Å². The van der Waals surface area contributed by atoms with Crippen LogP contribution in [0, 0.1) is 6.92 Å². The topological polar surface area (TPSA) is 49.3 Å². The first kappa shape index (κ1) is 13.8. The van der Waals surface area contributed by atoms with Crippen LogP contribution in [0.2, 0.25) is 0 Å². The second-order valence-corrected chi connectivity index (χ2v) is 7.37. The Bertz CT molecular complexity index is 661. The number of aliphatic hydroxyl groups excluding tert-OH is 1. The number of carbonyl (C=O) groups is 1. The van der Waals surface area contributed by atoms with Crippen molar-refractivity contribution in [2.75, 3.05) is 5.32 Å².